The van der Waals surface area contributed by atoms with Crippen molar-refractivity contribution in [3.63, 3.8) is 0 Å². The molecule has 0 bridgehead atoms. The number of para-hydroxylation sites is 2. The van der Waals surface area contributed by atoms with Gasteiger partial charge in [-0.15, -0.1) is 0 Å². The van der Waals surface area contributed by atoms with Crippen LogP contribution in [-0.4, -0.2) is 28.9 Å². The Morgan fingerprint density at radius 1 is 1.00 bits per heavy atom. The molecule has 0 fully saturated rings. The largest absolute Gasteiger partial charge is 0.430 e. The Hall–Kier alpha value is -2.30. The van der Waals surface area contributed by atoms with Crippen LogP contribution in [0, 0.1) is 0 Å². The lowest BCUT2D eigenvalue weighted by atomic mass is 10.3. The Balaban J connectivity index is 2.08. The number of amides is 1. The van der Waals surface area contributed by atoms with Crippen LogP contribution in [0.2, 0.25) is 0 Å². The van der Waals surface area contributed by atoms with Gasteiger partial charge in [0.1, 0.15) is 11.5 Å². The smallest absolute Gasteiger partial charge is 0.416 e. The molecule has 2 aromatic rings. The minimum absolute atomic E-state index is 0.0512. The van der Waals surface area contributed by atoms with Gasteiger partial charge in [-0.2, -0.15) is 0 Å². The van der Waals surface area contributed by atoms with Crippen LogP contribution in [0.1, 0.15) is 13.3 Å². The van der Waals surface area contributed by atoms with Gasteiger partial charge in [0.05, 0.1) is 6.16 Å². The number of benzene rings is 2. The van der Waals surface area contributed by atoms with Gasteiger partial charge in [0.2, 0.25) is 5.91 Å². The lowest BCUT2D eigenvalue weighted by molar-refractivity contribution is -0.162. The summed E-state index contributed by atoms with van der Waals surface area (Å²) in [5.41, 5.74) is 0. The number of hydroxylamine groups is 2. The van der Waals surface area contributed by atoms with E-state index in [2.05, 4.69) is 0 Å². The molecule has 1 N–H and O–H groups in total. The maximum absolute atomic E-state index is 13.1. The molecule has 128 valence electrons. The molecule has 0 aliphatic rings. The fourth-order valence-corrected chi connectivity index (χ4v) is 3.60. The molecule has 0 atom stereocenters. The molecule has 0 spiro atoms. The van der Waals surface area contributed by atoms with Gasteiger partial charge in [0, 0.05) is 13.5 Å². The highest BCUT2D eigenvalue weighted by Crippen LogP contribution is 2.48. The van der Waals surface area contributed by atoms with Gasteiger partial charge in [-0.05, 0) is 30.7 Å². The van der Waals surface area contributed by atoms with Crippen LogP contribution in [0.3, 0.4) is 0 Å². The highest BCUT2D eigenvalue weighted by atomic mass is 31.2. The van der Waals surface area contributed by atoms with Crippen molar-refractivity contribution in [2.24, 2.45) is 0 Å². The van der Waals surface area contributed by atoms with E-state index in [1.807, 2.05) is 12.1 Å². The standard InChI is InChI=1S/C17H20NO5P/c1-15(19)18(20)13-8-14-24(21,22-16-9-4-2-5-10-16)23-17-11-6-3-7-12-17/h2-7,9-12,20H,8,13-14H2,1H3. The van der Waals surface area contributed by atoms with Crippen LogP contribution < -0.4 is 9.05 Å². The van der Waals surface area contributed by atoms with Crippen molar-refractivity contribution in [3.8, 4) is 11.5 Å². The molecule has 0 aromatic heterocycles. The van der Waals surface area contributed by atoms with Gasteiger partial charge < -0.3 is 9.05 Å². The fraction of sp³-hybridized carbons (Fsp3) is 0.235. The Morgan fingerprint density at radius 3 is 1.88 bits per heavy atom. The maximum atomic E-state index is 13.1. The zero-order valence-corrected chi connectivity index (χ0v) is 14.3. The van der Waals surface area contributed by atoms with E-state index in [0.717, 1.165) is 0 Å². The zero-order valence-electron chi connectivity index (χ0n) is 13.4. The molecule has 7 heteroatoms. The Bertz CT molecular complexity index is 647. The van der Waals surface area contributed by atoms with Crippen LogP contribution in [-0.2, 0) is 9.36 Å². The number of nitrogens with zero attached hydrogens (tertiary/aromatic N) is 1. The molecule has 2 aromatic carbocycles. The van der Waals surface area contributed by atoms with Crippen molar-refractivity contribution < 1.29 is 23.6 Å². The minimum atomic E-state index is -3.50. The Kier molecular flexibility index (Phi) is 6.41. The second-order valence-corrected chi connectivity index (χ2v) is 7.17. The van der Waals surface area contributed by atoms with Crippen molar-refractivity contribution in [1.82, 2.24) is 5.06 Å². The first-order valence-corrected chi connectivity index (χ1v) is 9.27. The lowest BCUT2D eigenvalue weighted by Crippen LogP contribution is -2.26. The first-order valence-electron chi connectivity index (χ1n) is 7.54. The molecule has 0 saturated carbocycles. The van der Waals surface area contributed by atoms with E-state index in [0.29, 0.717) is 16.6 Å². The topological polar surface area (TPSA) is 76.1 Å². The third kappa shape index (κ3) is 5.72. The SMILES string of the molecule is CC(=O)N(O)CCCP(=O)(Oc1ccccc1)Oc1ccccc1. The fourth-order valence-electron chi connectivity index (χ4n) is 1.97. The van der Waals surface area contributed by atoms with E-state index >= 15 is 0 Å². The van der Waals surface area contributed by atoms with E-state index in [-0.39, 0.29) is 19.1 Å². The van der Waals surface area contributed by atoms with Gasteiger partial charge in [-0.25, -0.2) is 9.63 Å². The highest BCUT2D eigenvalue weighted by Gasteiger charge is 2.28. The van der Waals surface area contributed by atoms with Crippen molar-refractivity contribution >= 4 is 13.5 Å². The second-order valence-electron chi connectivity index (χ2n) is 5.14. The molecule has 0 aliphatic heterocycles. The number of rotatable bonds is 8. The van der Waals surface area contributed by atoms with E-state index in [1.54, 1.807) is 48.5 Å². The predicted octanol–water partition coefficient (Wildman–Crippen LogP) is 3.97. The lowest BCUT2D eigenvalue weighted by Gasteiger charge is -2.21. The molecule has 24 heavy (non-hydrogen) atoms. The second kappa shape index (κ2) is 8.52. The number of hydrogen-bond donors (Lipinski definition) is 1. The summed E-state index contributed by atoms with van der Waals surface area (Å²) in [5, 5.41) is 9.99. The zero-order chi connectivity index (χ0) is 17.4. The van der Waals surface area contributed by atoms with Gasteiger partial charge in [0.15, 0.2) is 0 Å². The number of carbonyl (C=O) groups excluding carboxylic acids is 1. The summed E-state index contributed by atoms with van der Waals surface area (Å²) in [4.78, 5) is 11.0. The normalized spacial score (nSPS) is 10.9. The van der Waals surface area contributed by atoms with Crippen LogP contribution in [0.15, 0.2) is 60.7 Å². The summed E-state index contributed by atoms with van der Waals surface area (Å²) >= 11 is 0. The van der Waals surface area contributed by atoms with Gasteiger partial charge in [0.25, 0.3) is 0 Å². The third-order valence-electron chi connectivity index (χ3n) is 3.14. The van der Waals surface area contributed by atoms with E-state index < -0.39 is 13.5 Å². The average Bonchev–Trinajstić information content (AvgIpc) is 2.56. The number of hydrogen-bond acceptors (Lipinski definition) is 5. The summed E-state index contributed by atoms with van der Waals surface area (Å²) in [7, 11) is -3.50. The van der Waals surface area contributed by atoms with Crippen molar-refractivity contribution in [2.75, 3.05) is 12.7 Å². The first kappa shape index (κ1) is 18.0. The predicted molar refractivity (Wildman–Crippen MR) is 90.4 cm³/mol. The molecule has 0 aliphatic carbocycles. The minimum Gasteiger partial charge on any atom is -0.416 e. The molecule has 0 unspecified atom stereocenters. The van der Waals surface area contributed by atoms with Crippen molar-refractivity contribution in [1.29, 1.82) is 0 Å². The molecule has 0 heterocycles. The first-order chi connectivity index (χ1) is 11.5. The molecule has 0 saturated heterocycles. The van der Waals surface area contributed by atoms with Gasteiger partial charge in [-0.1, -0.05) is 36.4 Å². The summed E-state index contributed by atoms with van der Waals surface area (Å²) in [6.07, 6.45) is 0.328. The Labute approximate surface area is 141 Å². The summed E-state index contributed by atoms with van der Waals surface area (Å²) in [6.45, 7) is 1.30. The van der Waals surface area contributed by atoms with Crippen LogP contribution in [0.4, 0.5) is 0 Å². The molecule has 2 rings (SSSR count). The summed E-state index contributed by atoms with van der Waals surface area (Å²) in [6, 6.07) is 17.5. The quantitative estimate of drug-likeness (QED) is 0.443. The third-order valence-corrected chi connectivity index (χ3v) is 4.98. The molecular weight excluding hydrogens is 329 g/mol. The van der Waals surface area contributed by atoms with E-state index in [4.69, 9.17) is 9.05 Å². The van der Waals surface area contributed by atoms with Crippen molar-refractivity contribution in [3.05, 3.63) is 60.7 Å². The number of carbonyl (C=O) groups is 1. The van der Waals surface area contributed by atoms with Crippen LogP contribution in [0.5, 0.6) is 11.5 Å². The molecule has 1 amide bonds. The van der Waals surface area contributed by atoms with Crippen molar-refractivity contribution in [2.45, 2.75) is 13.3 Å². The summed E-state index contributed by atoms with van der Waals surface area (Å²) < 4.78 is 24.3. The highest BCUT2D eigenvalue weighted by molar-refractivity contribution is 7.54. The monoisotopic (exact) mass is 349 g/mol. The van der Waals surface area contributed by atoms with Crippen LogP contribution in [0.25, 0.3) is 0 Å². The van der Waals surface area contributed by atoms with E-state index in [9.17, 15) is 14.6 Å². The molecular formula is C17H20NO5P. The van der Waals surface area contributed by atoms with Crippen LogP contribution >= 0.6 is 7.60 Å². The van der Waals surface area contributed by atoms with Gasteiger partial charge in [-0.3, -0.25) is 10.0 Å². The van der Waals surface area contributed by atoms with E-state index in [1.165, 1.54) is 6.92 Å². The summed E-state index contributed by atoms with van der Waals surface area (Å²) in [5.74, 6) is 0.395. The average molecular weight is 349 g/mol. The van der Waals surface area contributed by atoms with Gasteiger partial charge >= 0.3 is 7.60 Å². The molecule has 6 nitrogen and oxygen atoms in total. The Morgan fingerprint density at radius 2 is 1.46 bits per heavy atom. The maximum Gasteiger partial charge on any atom is 0.430 e. The molecule has 0 radical (unpaired) electrons.